The first kappa shape index (κ1) is 11.5. The molecular formula is C8H12N2O3. The van der Waals surface area contributed by atoms with Gasteiger partial charge in [-0.25, -0.2) is 0 Å². The van der Waals surface area contributed by atoms with Crippen molar-refractivity contribution in [2.24, 2.45) is 5.73 Å². The van der Waals surface area contributed by atoms with Crippen LogP contribution in [0.3, 0.4) is 0 Å². The number of carbonyl (C=O) groups excluding carboxylic acids is 1. The second kappa shape index (κ2) is 6.03. The molecule has 0 saturated heterocycles. The summed E-state index contributed by atoms with van der Waals surface area (Å²) >= 11 is 0. The Labute approximate surface area is 76.3 Å². The molecular weight excluding hydrogens is 172 g/mol. The number of carboxylic acids is 1. The minimum atomic E-state index is -1.11. The smallest absolute Gasteiger partial charge is 0.320 e. The largest absolute Gasteiger partial charge is 0.480 e. The van der Waals surface area contributed by atoms with Crippen LogP contribution in [-0.2, 0) is 9.59 Å². The van der Waals surface area contributed by atoms with Crippen molar-refractivity contribution >= 4 is 11.9 Å². The van der Waals surface area contributed by atoms with Gasteiger partial charge in [-0.05, 0) is 6.42 Å². The molecule has 0 aromatic rings. The van der Waals surface area contributed by atoms with Crippen LogP contribution in [0.5, 0.6) is 0 Å². The van der Waals surface area contributed by atoms with Gasteiger partial charge in [0, 0.05) is 6.42 Å². The van der Waals surface area contributed by atoms with Crippen molar-refractivity contribution in [3.8, 4) is 12.3 Å². The van der Waals surface area contributed by atoms with Gasteiger partial charge in [-0.15, -0.1) is 6.42 Å². The van der Waals surface area contributed by atoms with Gasteiger partial charge in [0.25, 0.3) is 0 Å². The molecule has 0 unspecified atom stereocenters. The molecule has 0 aromatic heterocycles. The molecule has 1 atom stereocenters. The lowest BCUT2D eigenvalue weighted by molar-refractivity contribution is -0.138. The topological polar surface area (TPSA) is 92.4 Å². The van der Waals surface area contributed by atoms with Crippen molar-refractivity contribution in [3.63, 3.8) is 0 Å². The van der Waals surface area contributed by atoms with E-state index in [0.29, 0.717) is 0 Å². The van der Waals surface area contributed by atoms with E-state index in [1.807, 2.05) is 0 Å². The molecule has 4 N–H and O–H groups in total. The molecule has 0 bridgehead atoms. The highest BCUT2D eigenvalue weighted by Gasteiger charge is 2.12. The van der Waals surface area contributed by atoms with E-state index in [2.05, 4.69) is 11.2 Å². The molecule has 0 aliphatic rings. The van der Waals surface area contributed by atoms with Gasteiger partial charge < -0.3 is 16.2 Å². The van der Waals surface area contributed by atoms with Gasteiger partial charge in [0.15, 0.2) is 0 Å². The number of terminal acetylenes is 1. The molecule has 0 saturated carbocycles. The highest BCUT2D eigenvalue weighted by Crippen LogP contribution is 1.94. The van der Waals surface area contributed by atoms with E-state index in [1.54, 1.807) is 0 Å². The van der Waals surface area contributed by atoms with E-state index < -0.39 is 12.0 Å². The van der Waals surface area contributed by atoms with E-state index in [-0.39, 0.29) is 25.3 Å². The molecule has 0 heterocycles. The van der Waals surface area contributed by atoms with Gasteiger partial charge in [0.1, 0.15) is 6.04 Å². The molecule has 0 aliphatic carbocycles. The Balaban J connectivity index is 3.59. The van der Waals surface area contributed by atoms with Gasteiger partial charge in [0.2, 0.25) is 5.91 Å². The summed E-state index contributed by atoms with van der Waals surface area (Å²) in [6.07, 6.45) is 5.09. The Morgan fingerprint density at radius 1 is 1.62 bits per heavy atom. The second-order valence-corrected chi connectivity index (χ2v) is 2.46. The molecule has 5 heteroatoms. The Bertz CT molecular complexity index is 232. The second-order valence-electron chi connectivity index (χ2n) is 2.46. The number of carbonyl (C=O) groups is 2. The molecule has 0 aliphatic heterocycles. The number of hydrogen-bond donors (Lipinski definition) is 3. The summed E-state index contributed by atoms with van der Waals surface area (Å²) < 4.78 is 0. The van der Waals surface area contributed by atoms with Gasteiger partial charge in [-0.3, -0.25) is 9.59 Å². The van der Waals surface area contributed by atoms with Crippen molar-refractivity contribution in [2.45, 2.75) is 18.9 Å². The molecule has 0 radical (unpaired) electrons. The van der Waals surface area contributed by atoms with Gasteiger partial charge in [0.05, 0.1) is 6.54 Å². The summed E-state index contributed by atoms with van der Waals surface area (Å²) in [5.41, 5.74) is 5.17. The third kappa shape index (κ3) is 5.70. The molecule has 0 fully saturated rings. The number of amides is 1. The fourth-order valence-electron chi connectivity index (χ4n) is 0.648. The molecule has 72 valence electrons. The normalized spacial score (nSPS) is 11.4. The predicted octanol–water partition coefficient (Wildman–Crippen LogP) is -1.07. The predicted molar refractivity (Wildman–Crippen MR) is 46.7 cm³/mol. The van der Waals surface area contributed by atoms with Crippen LogP contribution in [0.4, 0.5) is 0 Å². The number of nitrogens with two attached hydrogens (primary N) is 1. The zero-order valence-electron chi connectivity index (χ0n) is 7.12. The number of rotatable bonds is 5. The zero-order valence-corrected chi connectivity index (χ0v) is 7.12. The van der Waals surface area contributed by atoms with Crippen molar-refractivity contribution in [2.75, 3.05) is 6.54 Å². The summed E-state index contributed by atoms with van der Waals surface area (Å²) in [6.45, 7) is 0.154. The third-order valence-electron chi connectivity index (χ3n) is 1.39. The average Bonchev–Trinajstić information content (AvgIpc) is 2.10. The summed E-state index contributed by atoms with van der Waals surface area (Å²) in [5, 5.41) is 10.8. The van der Waals surface area contributed by atoms with Gasteiger partial charge in [-0.1, -0.05) is 5.92 Å². The van der Waals surface area contributed by atoms with Gasteiger partial charge >= 0.3 is 5.97 Å². The number of carboxylic acid groups (broad SMARTS) is 1. The summed E-state index contributed by atoms with van der Waals surface area (Å²) in [7, 11) is 0. The average molecular weight is 184 g/mol. The van der Waals surface area contributed by atoms with Crippen LogP contribution in [0, 0.1) is 12.3 Å². The Hall–Kier alpha value is -1.54. The van der Waals surface area contributed by atoms with E-state index in [0.717, 1.165) is 0 Å². The summed E-state index contributed by atoms with van der Waals surface area (Å²) in [5.74, 6) is 0.840. The Morgan fingerprint density at radius 3 is 2.69 bits per heavy atom. The molecule has 5 nitrogen and oxygen atoms in total. The maximum atomic E-state index is 10.9. The molecule has 13 heavy (non-hydrogen) atoms. The van der Waals surface area contributed by atoms with Crippen LogP contribution in [0.15, 0.2) is 0 Å². The van der Waals surface area contributed by atoms with Crippen molar-refractivity contribution in [1.82, 2.24) is 5.32 Å². The monoisotopic (exact) mass is 184 g/mol. The van der Waals surface area contributed by atoms with Crippen LogP contribution >= 0.6 is 0 Å². The Morgan fingerprint density at radius 2 is 2.23 bits per heavy atom. The quantitative estimate of drug-likeness (QED) is 0.474. The van der Waals surface area contributed by atoms with Crippen LogP contribution in [-0.4, -0.2) is 29.6 Å². The zero-order chi connectivity index (χ0) is 10.3. The minimum Gasteiger partial charge on any atom is -0.480 e. The SMILES string of the molecule is C#CCNC(=O)CC[C@@H](N)C(=O)O. The minimum absolute atomic E-state index is 0.0785. The summed E-state index contributed by atoms with van der Waals surface area (Å²) in [4.78, 5) is 21.1. The van der Waals surface area contributed by atoms with E-state index >= 15 is 0 Å². The van der Waals surface area contributed by atoms with Crippen LogP contribution in [0.2, 0.25) is 0 Å². The fraction of sp³-hybridized carbons (Fsp3) is 0.500. The van der Waals surface area contributed by atoms with Crippen molar-refractivity contribution < 1.29 is 14.7 Å². The van der Waals surface area contributed by atoms with Crippen molar-refractivity contribution in [1.29, 1.82) is 0 Å². The first-order valence-electron chi connectivity index (χ1n) is 3.76. The van der Waals surface area contributed by atoms with Crippen LogP contribution in [0.25, 0.3) is 0 Å². The van der Waals surface area contributed by atoms with Crippen LogP contribution < -0.4 is 11.1 Å². The lowest BCUT2D eigenvalue weighted by Gasteiger charge is -2.05. The molecule has 0 rings (SSSR count). The number of aliphatic carboxylic acids is 1. The van der Waals surface area contributed by atoms with Gasteiger partial charge in [-0.2, -0.15) is 0 Å². The maximum absolute atomic E-state index is 10.9. The molecule has 0 spiro atoms. The summed E-state index contributed by atoms with van der Waals surface area (Å²) in [6, 6.07) is -0.989. The highest BCUT2D eigenvalue weighted by atomic mass is 16.4. The fourth-order valence-corrected chi connectivity index (χ4v) is 0.648. The number of hydrogen-bond acceptors (Lipinski definition) is 3. The van der Waals surface area contributed by atoms with E-state index in [9.17, 15) is 9.59 Å². The highest BCUT2D eigenvalue weighted by molar-refractivity contribution is 5.78. The first-order valence-corrected chi connectivity index (χ1v) is 3.76. The standard InChI is InChI=1S/C8H12N2O3/c1-2-5-10-7(11)4-3-6(9)8(12)13/h1,6H,3-5,9H2,(H,10,11)(H,12,13)/t6-/m1/s1. The molecule has 1 amide bonds. The van der Waals surface area contributed by atoms with E-state index in [4.69, 9.17) is 17.3 Å². The van der Waals surface area contributed by atoms with Crippen molar-refractivity contribution in [3.05, 3.63) is 0 Å². The third-order valence-corrected chi connectivity index (χ3v) is 1.39. The maximum Gasteiger partial charge on any atom is 0.320 e. The Kier molecular flexibility index (Phi) is 5.32. The lowest BCUT2D eigenvalue weighted by Crippen LogP contribution is -2.32. The van der Waals surface area contributed by atoms with Crippen LogP contribution in [0.1, 0.15) is 12.8 Å². The lowest BCUT2D eigenvalue weighted by atomic mass is 10.1. The molecule has 0 aromatic carbocycles. The number of nitrogens with one attached hydrogen (secondary N) is 1. The first-order chi connectivity index (χ1) is 6.07. The van der Waals surface area contributed by atoms with E-state index in [1.165, 1.54) is 0 Å².